The summed E-state index contributed by atoms with van der Waals surface area (Å²) in [4.78, 5) is 0. The predicted octanol–water partition coefficient (Wildman–Crippen LogP) is 4.37. The van der Waals surface area contributed by atoms with E-state index in [9.17, 15) is 17.7 Å². The second-order valence-electron chi connectivity index (χ2n) is 6.83. The van der Waals surface area contributed by atoms with Crippen molar-refractivity contribution < 1.29 is 22.5 Å². The Morgan fingerprint density at radius 2 is 2.00 bits per heavy atom. The second kappa shape index (κ2) is 7.06. The summed E-state index contributed by atoms with van der Waals surface area (Å²) in [5.41, 5.74) is -0.642. The fraction of sp³-hybridized carbons (Fsp3) is 0.588. The lowest BCUT2D eigenvalue weighted by Crippen LogP contribution is -2.32. The minimum absolute atomic E-state index is 0.0669. The third-order valence-corrected chi connectivity index (χ3v) is 5.31. The molecule has 1 aromatic rings. The Bertz CT molecular complexity index is 623. The van der Waals surface area contributed by atoms with E-state index in [1.807, 2.05) is 0 Å². The minimum Gasteiger partial charge on any atom is -0.591 e. The Hall–Kier alpha value is -1.05. The summed E-state index contributed by atoms with van der Waals surface area (Å²) >= 11 is -1.60. The first-order chi connectivity index (χ1) is 11.0. The van der Waals surface area contributed by atoms with Crippen LogP contribution in [-0.2, 0) is 22.0 Å². The highest BCUT2D eigenvalue weighted by atomic mass is 32.2. The van der Waals surface area contributed by atoms with Crippen molar-refractivity contribution in [3.63, 3.8) is 0 Å². The van der Waals surface area contributed by atoms with Crippen LogP contribution in [-0.4, -0.2) is 27.7 Å². The first-order valence-corrected chi connectivity index (χ1v) is 8.92. The molecule has 0 bridgehead atoms. The van der Waals surface area contributed by atoms with Gasteiger partial charge >= 0.3 is 5.92 Å². The number of hydrogen-bond acceptors (Lipinski definition) is 3. The average molecular weight is 361 g/mol. The van der Waals surface area contributed by atoms with E-state index < -0.39 is 39.5 Å². The van der Waals surface area contributed by atoms with Crippen molar-refractivity contribution in [3.8, 4) is 0 Å². The number of ether oxygens (including phenoxy) is 1. The number of benzene rings is 1. The molecule has 1 heterocycles. The molecule has 2 atom stereocenters. The lowest BCUT2D eigenvalue weighted by atomic mass is 9.97. The quantitative estimate of drug-likeness (QED) is 0.590. The molecule has 134 valence electrons. The molecule has 0 radical (unpaired) electrons. The molecule has 0 amide bonds. The number of nitrogens with zero attached hydrogens (tertiary/aromatic N) is 1. The van der Waals surface area contributed by atoms with E-state index in [1.54, 1.807) is 20.8 Å². The standard InChI is InChI=1S/C17H22F3NO2S/c1-11(21-24(22)16(2,3)4)12-7-5-8-13(15(12)18)17(19,20)14-9-6-10-23-14/h5,7-8,14H,6,9-10H2,1-4H3/b21-11+/t14-,24?/m0/s1. The maximum Gasteiger partial charge on any atom is 0.301 e. The molecule has 0 aromatic heterocycles. The van der Waals surface area contributed by atoms with Crippen molar-refractivity contribution in [2.75, 3.05) is 6.61 Å². The molecule has 0 saturated carbocycles. The van der Waals surface area contributed by atoms with Gasteiger partial charge in [-0.05, 0) is 46.6 Å². The Morgan fingerprint density at radius 3 is 2.54 bits per heavy atom. The first-order valence-electron chi connectivity index (χ1n) is 7.81. The van der Waals surface area contributed by atoms with E-state index in [1.165, 1.54) is 19.1 Å². The van der Waals surface area contributed by atoms with Gasteiger partial charge in [-0.15, -0.1) is 0 Å². The molecule has 2 rings (SSSR count). The van der Waals surface area contributed by atoms with Crippen LogP contribution >= 0.6 is 0 Å². The SMILES string of the molecule is C/C(=N\[S+]([O-])C(C)(C)C)c1cccc(C(F)(F)[C@@H]2CCCO2)c1F. The number of alkyl halides is 2. The largest absolute Gasteiger partial charge is 0.591 e. The van der Waals surface area contributed by atoms with Crippen LogP contribution in [0.5, 0.6) is 0 Å². The molecule has 1 fully saturated rings. The zero-order valence-corrected chi connectivity index (χ0v) is 15.1. The molecule has 1 saturated heterocycles. The van der Waals surface area contributed by atoms with Crippen LogP contribution in [0, 0.1) is 5.82 Å². The molecule has 7 heteroatoms. The van der Waals surface area contributed by atoms with Crippen molar-refractivity contribution in [1.82, 2.24) is 0 Å². The van der Waals surface area contributed by atoms with Crippen molar-refractivity contribution >= 4 is 17.1 Å². The van der Waals surface area contributed by atoms with Gasteiger partial charge in [0.25, 0.3) is 0 Å². The van der Waals surface area contributed by atoms with Gasteiger partial charge in [0.15, 0.2) is 0 Å². The molecule has 1 aromatic carbocycles. The molecule has 0 spiro atoms. The van der Waals surface area contributed by atoms with E-state index in [-0.39, 0.29) is 24.3 Å². The molecule has 1 unspecified atom stereocenters. The maximum absolute atomic E-state index is 14.7. The van der Waals surface area contributed by atoms with Gasteiger partial charge in [0, 0.05) is 12.2 Å². The highest BCUT2D eigenvalue weighted by Gasteiger charge is 2.46. The molecule has 1 aliphatic heterocycles. The summed E-state index contributed by atoms with van der Waals surface area (Å²) in [5.74, 6) is -4.45. The van der Waals surface area contributed by atoms with Gasteiger partial charge in [-0.25, -0.2) is 4.39 Å². The summed E-state index contributed by atoms with van der Waals surface area (Å²) in [5, 5.41) is 0. The maximum atomic E-state index is 14.7. The molecular weight excluding hydrogens is 339 g/mol. The fourth-order valence-electron chi connectivity index (χ4n) is 2.42. The minimum atomic E-state index is -3.42. The average Bonchev–Trinajstić information content (AvgIpc) is 3.01. The van der Waals surface area contributed by atoms with Crippen LogP contribution in [0.1, 0.15) is 51.7 Å². The molecular formula is C17H22F3NO2S. The summed E-state index contributed by atoms with van der Waals surface area (Å²) in [6, 6.07) is 3.78. The topological polar surface area (TPSA) is 44.7 Å². The third kappa shape index (κ3) is 3.95. The normalized spacial score (nSPS) is 21.2. The molecule has 24 heavy (non-hydrogen) atoms. The van der Waals surface area contributed by atoms with Gasteiger partial charge in [-0.1, -0.05) is 16.5 Å². The second-order valence-corrected chi connectivity index (χ2v) is 8.74. The van der Waals surface area contributed by atoms with Gasteiger partial charge in [0.05, 0.1) is 11.3 Å². The van der Waals surface area contributed by atoms with Gasteiger partial charge < -0.3 is 9.29 Å². The molecule has 0 aliphatic carbocycles. The first kappa shape index (κ1) is 19.3. The van der Waals surface area contributed by atoms with Gasteiger partial charge in [-0.3, -0.25) is 0 Å². The summed E-state index contributed by atoms with van der Waals surface area (Å²) in [7, 11) is 0. The van der Waals surface area contributed by atoms with Crippen molar-refractivity contribution in [3.05, 3.63) is 35.1 Å². The van der Waals surface area contributed by atoms with E-state index in [2.05, 4.69) is 4.40 Å². The van der Waals surface area contributed by atoms with Crippen LogP contribution in [0.15, 0.2) is 22.6 Å². The van der Waals surface area contributed by atoms with Crippen LogP contribution in [0.3, 0.4) is 0 Å². The predicted molar refractivity (Wildman–Crippen MR) is 89.4 cm³/mol. The van der Waals surface area contributed by atoms with Crippen molar-refractivity contribution in [2.45, 2.75) is 57.3 Å². The molecule has 1 aliphatic rings. The van der Waals surface area contributed by atoms with Crippen LogP contribution in [0.25, 0.3) is 0 Å². The highest BCUT2D eigenvalue weighted by Crippen LogP contribution is 2.40. The van der Waals surface area contributed by atoms with Gasteiger partial charge in [0.1, 0.15) is 28.0 Å². The van der Waals surface area contributed by atoms with Gasteiger partial charge in [0.2, 0.25) is 0 Å². The number of halogens is 3. The van der Waals surface area contributed by atoms with Crippen molar-refractivity contribution in [1.29, 1.82) is 0 Å². The zero-order valence-electron chi connectivity index (χ0n) is 14.2. The highest BCUT2D eigenvalue weighted by molar-refractivity contribution is 7.91. The summed E-state index contributed by atoms with van der Waals surface area (Å²) in [6.07, 6.45) is -0.590. The molecule has 0 N–H and O–H groups in total. The van der Waals surface area contributed by atoms with Crippen LogP contribution in [0.4, 0.5) is 13.2 Å². The fourth-order valence-corrected chi connectivity index (χ4v) is 3.04. The van der Waals surface area contributed by atoms with E-state index >= 15 is 0 Å². The monoisotopic (exact) mass is 361 g/mol. The van der Waals surface area contributed by atoms with E-state index in [4.69, 9.17) is 4.74 Å². The smallest absolute Gasteiger partial charge is 0.301 e. The van der Waals surface area contributed by atoms with Crippen LogP contribution in [0.2, 0.25) is 0 Å². The molecule has 3 nitrogen and oxygen atoms in total. The van der Waals surface area contributed by atoms with E-state index in [0.717, 1.165) is 6.07 Å². The number of rotatable bonds is 4. The zero-order chi connectivity index (χ0) is 18.1. The Kier molecular flexibility index (Phi) is 5.67. The lowest BCUT2D eigenvalue weighted by molar-refractivity contribution is -0.124. The number of hydrogen-bond donors (Lipinski definition) is 0. The Morgan fingerprint density at radius 1 is 1.33 bits per heavy atom. The third-order valence-electron chi connectivity index (χ3n) is 3.83. The van der Waals surface area contributed by atoms with Gasteiger partial charge in [-0.2, -0.15) is 8.78 Å². The van der Waals surface area contributed by atoms with Crippen LogP contribution < -0.4 is 0 Å². The summed E-state index contributed by atoms with van der Waals surface area (Å²) in [6.45, 7) is 6.93. The lowest BCUT2D eigenvalue weighted by Gasteiger charge is -2.24. The Balaban J connectivity index is 2.39. The van der Waals surface area contributed by atoms with E-state index in [0.29, 0.717) is 6.42 Å². The Labute approximate surface area is 143 Å². The van der Waals surface area contributed by atoms with Crippen molar-refractivity contribution in [2.24, 2.45) is 4.40 Å². The summed E-state index contributed by atoms with van der Waals surface area (Å²) < 4.78 is 64.3.